The second-order valence-corrected chi connectivity index (χ2v) is 13.0. The Morgan fingerprint density at radius 3 is 1.47 bits per heavy atom. The molecule has 2 amide bonds. The summed E-state index contributed by atoms with van der Waals surface area (Å²) in [5, 5.41) is 6.99. The zero-order valence-corrected chi connectivity index (χ0v) is 27.8. The lowest BCUT2D eigenvalue weighted by Crippen LogP contribution is -2.45. The number of nitrogens with zero attached hydrogens (tertiary/aromatic N) is 2. The van der Waals surface area contributed by atoms with Crippen molar-refractivity contribution in [3.05, 3.63) is 106 Å². The van der Waals surface area contributed by atoms with E-state index in [0.717, 1.165) is 24.2 Å². The number of hydrogen-bond acceptors (Lipinski definition) is 8. The molecular weight excluding hydrogens is 620 g/mol. The lowest BCUT2D eigenvalue weighted by atomic mass is 9.94. The minimum absolute atomic E-state index is 0.00955. The molecule has 0 aromatic heterocycles. The maximum absolute atomic E-state index is 13.7. The van der Waals surface area contributed by atoms with Gasteiger partial charge in [0.05, 0.1) is 62.0 Å². The van der Waals surface area contributed by atoms with Gasteiger partial charge in [0, 0.05) is 44.7 Å². The van der Waals surface area contributed by atoms with Gasteiger partial charge in [0.15, 0.2) is 23.0 Å². The molecule has 49 heavy (non-hydrogen) atoms. The van der Waals surface area contributed by atoms with Gasteiger partial charge in [-0.05, 0) is 47.2 Å². The zero-order chi connectivity index (χ0) is 33.5. The summed E-state index contributed by atoms with van der Waals surface area (Å²) in [7, 11) is 3.17. The van der Waals surface area contributed by atoms with Crippen LogP contribution < -0.4 is 29.6 Å². The molecule has 2 N–H and O–H groups in total. The number of carbonyl (C=O) groups excluding carboxylic acids is 2. The molecule has 10 heteroatoms. The van der Waals surface area contributed by atoms with Crippen molar-refractivity contribution in [2.45, 2.75) is 44.4 Å². The fourth-order valence-corrected chi connectivity index (χ4v) is 7.51. The Balaban J connectivity index is 0.915. The van der Waals surface area contributed by atoms with Crippen LogP contribution in [0.1, 0.15) is 49.4 Å². The van der Waals surface area contributed by atoms with Crippen LogP contribution in [0.5, 0.6) is 23.0 Å². The molecule has 10 nitrogen and oxygen atoms in total. The first-order valence-electron chi connectivity index (χ1n) is 16.9. The third-order valence-corrected chi connectivity index (χ3v) is 10.2. The quantitative estimate of drug-likeness (QED) is 0.238. The molecule has 0 fully saturated rings. The highest BCUT2D eigenvalue weighted by molar-refractivity contribution is 6.02. The average molecular weight is 661 g/mol. The summed E-state index contributed by atoms with van der Waals surface area (Å²) in [6.07, 6.45) is 2.22. The van der Waals surface area contributed by atoms with Crippen LogP contribution in [0.4, 0.5) is 11.4 Å². The molecule has 2 atom stereocenters. The minimum Gasteiger partial charge on any atom is -0.493 e. The number of methoxy groups -OCH3 is 2. The molecule has 0 aliphatic carbocycles. The molecule has 0 unspecified atom stereocenters. The lowest BCUT2D eigenvalue weighted by molar-refractivity contribution is 0.0652. The lowest BCUT2D eigenvalue weighted by Gasteiger charge is -2.35. The van der Waals surface area contributed by atoms with Crippen LogP contribution in [0, 0.1) is 0 Å². The van der Waals surface area contributed by atoms with Gasteiger partial charge in [0.2, 0.25) is 0 Å². The van der Waals surface area contributed by atoms with Crippen LogP contribution in [0.25, 0.3) is 0 Å². The fourth-order valence-electron chi connectivity index (χ4n) is 7.51. The maximum Gasteiger partial charge on any atom is 0.256 e. The van der Waals surface area contributed by atoms with Crippen LogP contribution in [-0.2, 0) is 25.9 Å². The summed E-state index contributed by atoms with van der Waals surface area (Å²) in [4.78, 5) is 31.4. The highest BCUT2D eigenvalue weighted by Gasteiger charge is 2.36. The molecular formula is C39H40N4O6. The average Bonchev–Trinajstić information content (AvgIpc) is 3.35. The van der Waals surface area contributed by atoms with Gasteiger partial charge >= 0.3 is 0 Å². The molecule has 0 spiro atoms. The molecule has 0 radical (unpaired) electrons. The third-order valence-electron chi connectivity index (χ3n) is 10.2. The largest absolute Gasteiger partial charge is 0.493 e. The van der Waals surface area contributed by atoms with Gasteiger partial charge in [0.25, 0.3) is 11.8 Å². The van der Waals surface area contributed by atoms with Crippen LogP contribution in [0.15, 0.2) is 72.8 Å². The fraction of sp³-hybridized carbons (Fsp3) is 0.333. The number of benzene rings is 4. The SMILES string of the molecule is COc1cc2c(cc1OCCCOc1cc3c(cc1OC)C(=O)N1Cc4ccccc4C[C@H]1CN3)NC[C@@H]1Cc3ccccc3CN1C2=O. The highest BCUT2D eigenvalue weighted by atomic mass is 16.5. The number of ether oxygens (including phenoxy) is 4. The van der Waals surface area contributed by atoms with Gasteiger partial charge in [0.1, 0.15) is 0 Å². The molecule has 8 rings (SSSR count). The number of amides is 2. The number of carbonyl (C=O) groups is 2. The van der Waals surface area contributed by atoms with Crippen LogP contribution >= 0.6 is 0 Å². The monoisotopic (exact) mass is 660 g/mol. The molecule has 0 bridgehead atoms. The first-order chi connectivity index (χ1) is 24.0. The second-order valence-electron chi connectivity index (χ2n) is 13.0. The molecule has 4 heterocycles. The second kappa shape index (κ2) is 12.9. The van der Waals surface area contributed by atoms with Crippen molar-refractivity contribution < 1.29 is 28.5 Å². The summed E-state index contributed by atoms with van der Waals surface area (Å²) in [6.45, 7) is 3.24. The van der Waals surface area contributed by atoms with Gasteiger partial charge in [-0.2, -0.15) is 0 Å². The predicted molar refractivity (Wildman–Crippen MR) is 186 cm³/mol. The minimum atomic E-state index is -0.00955. The van der Waals surface area contributed by atoms with E-state index in [1.165, 1.54) is 22.3 Å². The summed E-state index contributed by atoms with van der Waals surface area (Å²) < 4.78 is 23.7. The Hall–Kier alpha value is -5.38. The third kappa shape index (κ3) is 5.75. The summed E-state index contributed by atoms with van der Waals surface area (Å²) >= 11 is 0. The zero-order valence-electron chi connectivity index (χ0n) is 27.8. The van der Waals surface area contributed by atoms with E-state index in [0.29, 0.717) is 79.9 Å². The molecule has 4 aliphatic rings. The molecule has 4 aromatic carbocycles. The Bertz CT molecular complexity index is 1790. The van der Waals surface area contributed by atoms with E-state index < -0.39 is 0 Å². The van der Waals surface area contributed by atoms with E-state index in [4.69, 9.17) is 18.9 Å². The Morgan fingerprint density at radius 1 is 0.612 bits per heavy atom. The first kappa shape index (κ1) is 30.9. The van der Waals surface area contributed by atoms with Crippen LogP contribution in [0.2, 0.25) is 0 Å². The standard InChI is InChI=1S/C39H40N4O6/c1-46-34-16-30-32(40-20-28-14-24-8-3-5-10-26(24)22-42(28)38(30)44)18-36(34)48-12-7-13-49-37-19-33-31(17-35(37)47-2)39(45)43-23-27-11-6-4-9-25(27)15-29(43)21-41-33/h3-6,8-11,16-19,28-29,40-41H,7,12-15,20-23H2,1-2H3/t28-,29-/m0/s1. The van der Waals surface area contributed by atoms with Crippen molar-refractivity contribution in [3.63, 3.8) is 0 Å². The molecule has 4 aromatic rings. The van der Waals surface area contributed by atoms with E-state index in [-0.39, 0.29) is 23.9 Å². The summed E-state index contributed by atoms with van der Waals surface area (Å²) in [5.74, 6) is 2.12. The molecule has 4 aliphatic heterocycles. The molecule has 252 valence electrons. The van der Waals surface area contributed by atoms with E-state index in [2.05, 4.69) is 47.0 Å². The number of rotatable bonds is 8. The van der Waals surface area contributed by atoms with Crippen molar-refractivity contribution in [2.24, 2.45) is 0 Å². The Labute approximate surface area is 285 Å². The topological polar surface area (TPSA) is 102 Å². The number of nitrogens with one attached hydrogen (secondary N) is 2. The van der Waals surface area contributed by atoms with Crippen molar-refractivity contribution in [1.82, 2.24) is 9.80 Å². The number of fused-ring (bicyclic) bond motifs is 6. The van der Waals surface area contributed by atoms with Crippen molar-refractivity contribution in [3.8, 4) is 23.0 Å². The Morgan fingerprint density at radius 2 is 1.04 bits per heavy atom. The maximum atomic E-state index is 13.7. The first-order valence-corrected chi connectivity index (χ1v) is 16.9. The van der Waals surface area contributed by atoms with E-state index in [1.54, 1.807) is 26.4 Å². The summed E-state index contributed by atoms with van der Waals surface area (Å²) in [5.41, 5.74) is 7.63. The van der Waals surface area contributed by atoms with E-state index >= 15 is 0 Å². The molecule has 0 saturated heterocycles. The smallest absolute Gasteiger partial charge is 0.256 e. The van der Waals surface area contributed by atoms with Crippen LogP contribution in [0.3, 0.4) is 0 Å². The van der Waals surface area contributed by atoms with Gasteiger partial charge in [-0.15, -0.1) is 0 Å². The predicted octanol–water partition coefficient (Wildman–Crippen LogP) is 5.54. The van der Waals surface area contributed by atoms with Gasteiger partial charge in [-0.3, -0.25) is 9.59 Å². The normalized spacial score (nSPS) is 18.9. The van der Waals surface area contributed by atoms with Crippen molar-refractivity contribution in [2.75, 3.05) is 51.2 Å². The van der Waals surface area contributed by atoms with E-state index in [9.17, 15) is 9.59 Å². The van der Waals surface area contributed by atoms with Crippen molar-refractivity contribution in [1.29, 1.82) is 0 Å². The van der Waals surface area contributed by atoms with Gasteiger partial charge < -0.3 is 39.4 Å². The molecule has 0 saturated carbocycles. The number of anilines is 2. The number of hydrogen-bond donors (Lipinski definition) is 2. The Kier molecular flexibility index (Phi) is 8.15. The summed E-state index contributed by atoms with van der Waals surface area (Å²) in [6, 6.07) is 24.1. The van der Waals surface area contributed by atoms with Crippen molar-refractivity contribution >= 4 is 23.2 Å². The van der Waals surface area contributed by atoms with E-state index in [1.807, 2.05) is 34.1 Å². The van der Waals surface area contributed by atoms with Crippen LogP contribution in [-0.4, -0.2) is 74.2 Å². The highest BCUT2D eigenvalue weighted by Crippen LogP contribution is 2.39. The van der Waals surface area contributed by atoms with Gasteiger partial charge in [-0.1, -0.05) is 48.5 Å². The van der Waals surface area contributed by atoms with Gasteiger partial charge in [-0.25, -0.2) is 0 Å².